The number of rotatable bonds is 6. The number of carbonyl (C=O) groups is 1. The largest absolute Gasteiger partial charge is 0.484 e. The van der Waals surface area contributed by atoms with E-state index in [0.29, 0.717) is 38.6 Å². The number of aliphatic hydroxyl groups excluding tert-OH is 1. The zero-order chi connectivity index (χ0) is 20.9. The Kier molecular flexibility index (Phi) is 7.22. The van der Waals surface area contributed by atoms with Gasteiger partial charge in [-0.25, -0.2) is 0 Å². The summed E-state index contributed by atoms with van der Waals surface area (Å²) in [5.74, 6) is 0.709. The smallest absolute Gasteiger partial charge is 0.260 e. The highest BCUT2D eigenvalue weighted by atomic mass is 16.5. The molecule has 3 saturated heterocycles. The van der Waals surface area contributed by atoms with Crippen molar-refractivity contribution in [3.63, 3.8) is 0 Å². The molecule has 2 atom stereocenters. The average molecular weight is 419 g/mol. The molecule has 1 N–H and O–H groups in total. The molecule has 3 fully saturated rings. The normalized spacial score (nSPS) is 26.8. The first-order valence-electron chi connectivity index (χ1n) is 11.0. The van der Waals surface area contributed by atoms with Gasteiger partial charge in [0.05, 0.1) is 19.3 Å². The topological polar surface area (TPSA) is 68.7 Å². The van der Waals surface area contributed by atoms with E-state index in [9.17, 15) is 9.90 Å². The van der Waals surface area contributed by atoms with E-state index in [1.54, 1.807) is 4.90 Å². The molecular weight excluding hydrogens is 384 g/mol. The first-order chi connectivity index (χ1) is 14.6. The van der Waals surface area contributed by atoms with Crippen LogP contribution in [0.15, 0.2) is 24.3 Å². The maximum atomic E-state index is 12.2. The van der Waals surface area contributed by atoms with Crippen molar-refractivity contribution in [2.24, 2.45) is 0 Å². The van der Waals surface area contributed by atoms with E-state index in [1.807, 2.05) is 24.3 Å². The molecule has 3 heterocycles. The van der Waals surface area contributed by atoms with Crippen LogP contribution in [0.4, 0.5) is 0 Å². The van der Waals surface area contributed by atoms with Gasteiger partial charge in [-0.2, -0.15) is 0 Å². The molecule has 4 rings (SSSR count). The maximum Gasteiger partial charge on any atom is 0.260 e. The Labute approximate surface area is 178 Å². The Morgan fingerprint density at radius 2 is 1.77 bits per heavy atom. The molecule has 8 nitrogen and oxygen atoms in total. The van der Waals surface area contributed by atoms with Crippen molar-refractivity contribution >= 4 is 5.91 Å². The summed E-state index contributed by atoms with van der Waals surface area (Å²) in [5, 5.41) is 10.6. The van der Waals surface area contributed by atoms with Gasteiger partial charge in [-0.15, -0.1) is 0 Å². The number of β-amino-alcohol motifs (C(OH)–C–C–N with tert-alkyl or cyclic N) is 1. The van der Waals surface area contributed by atoms with Gasteiger partial charge >= 0.3 is 0 Å². The number of likely N-dealkylation sites (tertiary alicyclic amines) is 1. The van der Waals surface area contributed by atoms with Crippen LogP contribution in [-0.4, -0.2) is 122 Å². The molecule has 1 aromatic carbocycles. The van der Waals surface area contributed by atoms with Crippen molar-refractivity contribution in [1.82, 2.24) is 19.6 Å². The van der Waals surface area contributed by atoms with Gasteiger partial charge in [-0.3, -0.25) is 14.6 Å². The van der Waals surface area contributed by atoms with Crippen LogP contribution in [0.25, 0.3) is 0 Å². The fourth-order valence-electron chi connectivity index (χ4n) is 4.49. The van der Waals surface area contributed by atoms with Gasteiger partial charge in [-0.1, -0.05) is 12.1 Å². The Balaban J connectivity index is 1.23. The third-order valence-electron chi connectivity index (χ3n) is 6.40. The molecular formula is C22H34N4O4. The molecule has 1 amide bonds. The van der Waals surface area contributed by atoms with Crippen molar-refractivity contribution in [2.75, 3.05) is 79.2 Å². The van der Waals surface area contributed by atoms with Crippen LogP contribution in [0.3, 0.4) is 0 Å². The lowest BCUT2D eigenvalue weighted by molar-refractivity contribution is -0.137. The van der Waals surface area contributed by atoms with Crippen LogP contribution < -0.4 is 4.74 Å². The minimum Gasteiger partial charge on any atom is -0.484 e. The number of likely N-dealkylation sites (N-methyl/N-ethyl adjacent to an activating group) is 1. The second-order valence-electron chi connectivity index (χ2n) is 8.59. The summed E-state index contributed by atoms with van der Waals surface area (Å²) in [6, 6.07) is 8.17. The molecule has 0 aliphatic carbocycles. The summed E-state index contributed by atoms with van der Waals surface area (Å²) in [7, 11) is 2.15. The Hall–Kier alpha value is -1.71. The molecule has 8 heteroatoms. The van der Waals surface area contributed by atoms with Crippen molar-refractivity contribution in [3.05, 3.63) is 29.8 Å². The summed E-state index contributed by atoms with van der Waals surface area (Å²) >= 11 is 0. The lowest BCUT2D eigenvalue weighted by Gasteiger charge is -2.37. The lowest BCUT2D eigenvalue weighted by Crippen LogP contribution is -2.52. The number of hydrogen-bond donors (Lipinski definition) is 1. The van der Waals surface area contributed by atoms with Crippen LogP contribution in [0, 0.1) is 0 Å². The highest BCUT2D eigenvalue weighted by Crippen LogP contribution is 2.21. The second kappa shape index (κ2) is 10.1. The number of aliphatic hydroxyl groups is 1. The first kappa shape index (κ1) is 21.5. The molecule has 3 aliphatic heterocycles. The SMILES string of the molecule is CN1CCN([C@H]2CN(Cc3ccc(OCC(=O)N4CCOCC4)cc3)C[C@@H]2O)CC1. The maximum absolute atomic E-state index is 12.2. The summed E-state index contributed by atoms with van der Waals surface area (Å²) in [4.78, 5) is 21.1. The molecule has 0 bridgehead atoms. The minimum absolute atomic E-state index is 0.00313. The fourth-order valence-corrected chi connectivity index (χ4v) is 4.49. The van der Waals surface area contributed by atoms with E-state index in [2.05, 4.69) is 21.7 Å². The van der Waals surface area contributed by atoms with Crippen LogP contribution in [0.2, 0.25) is 0 Å². The number of hydrogen-bond acceptors (Lipinski definition) is 7. The number of ether oxygens (including phenoxy) is 2. The van der Waals surface area contributed by atoms with E-state index < -0.39 is 0 Å². The minimum atomic E-state index is -0.290. The summed E-state index contributed by atoms with van der Waals surface area (Å²) in [6.45, 7) is 9.15. The number of morpholine rings is 1. The monoisotopic (exact) mass is 418 g/mol. The quantitative estimate of drug-likeness (QED) is 0.681. The van der Waals surface area contributed by atoms with E-state index >= 15 is 0 Å². The van der Waals surface area contributed by atoms with Crippen LogP contribution >= 0.6 is 0 Å². The highest BCUT2D eigenvalue weighted by molar-refractivity contribution is 5.77. The van der Waals surface area contributed by atoms with Crippen molar-refractivity contribution in [1.29, 1.82) is 0 Å². The second-order valence-corrected chi connectivity index (χ2v) is 8.59. The van der Waals surface area contributed by atoms with Crippen LogP contribution in [0.1, 0.15) is 5.56 Å². The molecule has 1 aromatic rings. The summed E-state index contributed by atoms with van der Waals surface area (Å²) < 4.78 is 10.9. The van der Waals surface area contributed by atoms with Crippen molar-refractivity contribution in [3.8, 4) is 5.75 Å². The number of amides is 1. The van der Waals surface area contributed by atoms with Crippen molar-refractivity contribution < 1.29 is 19.4 Å². The molecule has 166 valence electrons. The van der Waals surface area contributed by atoms with Crippen molar-refractivity contribution in [2.45, 2.75) is 18.7 Å². The number of piperazine rings is 1. The summed E-state index contributed by atoms with van der Waals surface area (Å²) in [6.07, 6.45) is -0.290. The fraction of sp³-hybridized carbons (Fsp3) is 0.682. The molecule has 0 saturated carbocycles. The summed E-state index contributed by atoms with van der Waals surface area (Å²) in [5.41, 5.74) is 1.19. The molecule has 0 spiro atoms. The lowest BCUT2D eigenvalue weighted by atomic mass is 10.1. The first-order valence-corrected chi connectivity index (χ1v) is 11.0. The zero-order valence-corrected chi connectivity index (χ0v) is 17.9. The predicted octanol–water partition coefficient (Wildman–Crippen LogP) is -0.283. The molecule has 30 heavy (non-hydrogen) atoms. The van der Waals surface area contributed by atoms with Gasteiger partial charge < -0.3 is 24.4 Å². The average Bonchev–Trinajstić information content (AvgIpc) is 3.14. The van der Waals surface area contributed by atoms with E-state index in [4.69, 9.17) is 9.47 Å². The third kappa shape index (κ3) is 5.50. The number of benzene rings is 1. The molecule has 3 aliphatic rings. The third-order valence-corrected chi connectivity index (χ3v) is 6.40. The molecule has 0 aromatic heterocycles. The molecule has 0 unspecified atom stereocenters. The van der Waals surface area contributed by atoms with E-state index in [0.717, 1.165) is 39.3 Å². The van der Waals surface area contributed by atoms with Gasteiger partial charge in [0.25, 0.3) is 5.91 Å². The number of nitrogens with zero attached hydrogens (tertiary/aromatic N) is 4. The van der Waals surface area contributed by atoms with Gasteiger partial charge in [0.1, 0.15) is 5.75 Å². The van der Waals surface area contributed by atoms with Crippen LogP contribution in [-0.2, 0) is 16.1 Å². The Morgan fingerprint density at radius 1 is 1.07 bits per heavy atom. The Morgan fingerprint density at radius 3 is 2.47 bits per heavy atom. The zero-order valence-electron chi connectivity index (χ0n) is 17.9. The van der Waals surface area contributed by atoms with E-state index in [1.165, 1.54) is 5.56 Å². The van der Waals surface area contributed by atoms with Gasteiger partial charge in [0.2, 0.25) is 0 Å². The van der Waals surface area contributed by atoms with Gasteiger partial charge in [0, 0.05) is 64.9 Å². The van der Waals surface area contributed by atoms with Gasteiger partial charge in [-0.05, 0) is 24.7 Å². The highest BCUT2D eigenvalue weighted by Gasteiger charge is 2.36. The molecule has 0 radical (unpaired) electrons. The van der Waals surface area contributed by atoms with Gasteiger partial charge in [0.15, 0.2) is 6.61 Å². The Bertz CT molecular complexity index is 687. The number of carbonyl (C=O) groups excluding carboxylic acids is 1. The van der Waals surface area contributed by atoms with Crippen LogP contribution in [0.5, 0.6) is 5.75 Å². The predicted molar refractivity (Wildman–Crippen MR) is 113 cm³/mol. The standard InChI is InChI=1S/C22H34N4O4/c1-23-6-8-25(9-7-23)20-15-24(16-21(20)27)14-18-2-4-19(5-3-18)30-17-22(28)26-10-12-29-13-11-26/h2-5,20-21,27H,6-17H2,1H3/t20-,21-/m0/s1. The van der Waals surface area contributed by atoms with E-state index in [-0.39, 0.29) is 24.7 Å².